The number of nitrogens with one attached hydrogen (secondary N) is 2. The number of morpholine rings is 1. The molecule has 1 heterocycles. The summed E-state index contributed by atoms with van der Waals surface area (Å²) in [5.74, 6) is -0.849. The second-order valence-electron chi connectivity index (χ2n) is 7.28. The van der Waals surface area contributed by atoms with E-state index >= 15 is 0 Å². The van der Waals surface area contributed by atoms with Gasteiger partial charge in [0.25, 0.3) is 0 Å². The van der Waals surface area contributed by atoms with E-state index in [1.807, 2.05) is 24.3 Å². The zero-order chi connectivity index (χ0) is 21.5. The average Bonchev–Trinajstić information content (AvgIpc) is 2.75. The summed E-state index contributed by atoms with van der Waals surface area (Å²) in [6, 6.07) is 12.7. The van der Waals surface area contributed by atoms with E-state index in [0.29, 0.717) is 11.4 Å². The largest absolute Gasteiger partial charge is 0.378 e. The number of likely N-dealkylation sites (N-methyl/N-ethyl adjacent to an activating group) is 1. The van der Waals surface area contributed by atoms with Gasteiger partial charge in [0.15, 0.2) is 0 Å². The number of rotatable bonds is 7. The Hall–Kier alpha value is -2.97. The minimum absolute atomic E-state index is 0.0587. The molecule has 2 N–H and O–H groups in total. The highest BCUT2D eigenvalue weighted by molar-refractivity contribution is 5.96. The predicted molar refractivity (Wildman–Crippen MR) is 115 cm³/mol. The molecule has 0 saturated carbocycles. The number of hydrogen-bond donors (Lipinski definition) is 2. The number of carbonyl (C=O) groups excluding carboxylic acids is 2. The van der Waals surface area contributed by atoms with Gasteiger partial charge in [0, 0.05) is 30.2 Å². The molecule has 1 fully saturated rings. The Morgan fingerprint density at radius 2 is 1.60 bits per heavy atom. The summed E-state index contributed by atoms with van der Waals surface area (Å²) in [5.41, 5.74) is 2.31. The molecular weight excluding hydrogens is 387 g/mol. The summed E-state index contributed by atoms with van der Waals surface area (Å²) >= 11 is 0. The van der Waals surface area contributed by atoms with Gasteiger partial charge in [-0.2, -0.15) is 0 Å². The summed E-state index contributed by atoms with van der Waals surface area (Å²) in [6.45, 7) is 4.92. The molecule has 0 aliphatic carbocycles. The van der Waals surface area contributed by atoms with E-state index in [1.54, 1.807) is 18.9 Å². The van der Waals surface area contributed by atoms with Crippen molar-refractivity contribution in [3.05, 3.63) is 54.3 Å². The van der Waals surface area contributed by atoms with Crippen LogP contribution in [0.4, 0.5) is 21.5 Å². The lowest BCUT2D eigenvalue weighted by molar-refractivity contribution is -0.122. The molecule has 1 atom stereocenters. The van der Waals surface area contributed by atoms with E-state index in [1.165, 1.54) is 24.3 Å². The second-order valence-corrected chi connectivity index (χ2v) is 7.28. The molecule has 2 aromatic carbocycles. The van der Waals surface area contributed by atoms with Crippen molar-refractivity contribution in [2.75, 3.05) is 55.4 Å². The van der Waals surface area contributed by atoms with Gasteiger partial charge in [-0.1, -0.05) is 0 Å². The van der Waals surface area contributed by atoms with E-state index in [0.717, 1.165) is 32.0 Å². The first-order valence-corrected chi connectivity index (χ1v) is 9.91. The Kier molecular flexibility index (Phi) is 7.37. The molecule has 3 rings (SSSR count). The van der Waals surface area contributed by atoms with Gasteiger partial charge >= 0.3 is 0 Å². The molecule has 7 nitrogen and oxygen atoms in total. The monoisotopic (exact) mass is 414 g/mol. The summed E-state index contributed by atoms with van der Waals surface area (Å²) in [6.07, 6.45) is 0. The maximum Gasteiger partial charge on any atom is 0.241 e. The molecule has 0 spiro atoms. The van der Waals surface area contributed by atoms with Crippen LogP contribution >= 0.6 is 0 Å². The van der Waals surface area contributed by atoms with Crippen molar-refractivity contribution in [3.8, 4) is 0 Å². The zero-order valence-corrected chi connectivity index (χ0v) is 17.2. The van der Waals surface area contributed by atoms with Crippen molar-refractivity contribution < 1.29 is 18.7 Å². The second kappa shape index (κ2) is 10.2. The third kappa shape index (κ3) is 6.01. The number of carbonyl (C=O) groups is 2. The van der Waals surface area contributed by atoms with E-state index in [2.05, 4.69) is 15.5 Å². The van der Waals surface area contributed by atoms with Crippen LogP contribution in [0.1, 0.15) is 6.92 Å². The molecule has 1 aliphatic rings. The van der Waals surface area contributed by atoms with Crippen molar-refractivity contribution in [3.63, 3.8) is 0 Å². The van der Waals surface area contributed by atoms with Crippen LogP contribution < -0.4 is 15.5 Å². The molecule has 8 heteroatoms. The van der Waals surface area contributed by atoms with Crippen LogP contribution in [-0.4, -0.2) is 62.7 Å². The smallest absolute Gasteiger partial charge is 0.241 e. The van der Waals surface area contributed by atoms with Crippen LogP contribution in [-0.2, 0) is 14.3 Å². The number of nitrogens with zero attached hydrogens (tertiary/aromatic N) is 2. The van der Waals surface area contributed by atoms with Crippen LogP contribution in [0.15, 0.2) is 48.5 Å². The van der Waals surface area contributed by atoms with Gasteiger partial charge in [-0.15, -0.1) is 0 Å². The molecule has 0 aromatic heterocycles. The van der Waals surface area contributed by atoms with E-state index in [9.17, 15) is 14.0 Å². The summed E-state index contributed by atoms with van der Waals surface area (Å²) in [5, 5.41) is 5.57. The summed E-state index contributed by atoms with van der Waals surface area (Å²) < 4.78 is 18.3. The maximum atomic E-state index is 13.0. The van der Waals surface area contributed by atoms with Gasteiger partial charge in [0.05, 0.1) is 25.8 Å². The Morgan fingerprint density at radius 3 is 2.23 bits per heavy atom. The number of anilines is 3. The Balaban J connectivity index is 1.48. The molecule has 160 valence electrons. The molecule has 2 aromatic rings. The number of halogens is 1. The van der Waals surface area contributed by atoms with Crippen molar-refractivity contribution in [1.29, 1.82) is 0 Å². The highest BCUT2D eigenvalue weighted by Gasteiger charge is 2.20. The van der Waals surface area contributed by atoms with E-state index < -0.39 is 6.04 Å². The number of ether oxygens (including phenoxy) is 1. The van der Waals surface area contributed by atoms with Gasteiger partial charge in [-0.05, 0) is 62.5 Å². The first-order chi connectivity index (χ1) is 14.4. The SMILES string of the molecule is C[C@H](C(=O)Nc1ccc(F)cc1)N(C)CC(=O)Nc1ccc(N2CCOCC2)cc1. The quantitative estimate of drug-likeness (QED) is 0.729. The molecule has 0 unspecified atom stereocenters. The van der Waals surface area contributed by atoms with Crippen LogP contribution in [0.25, 0.3) is 0 Å². The van der Waals surface area contributed by atoms with Gasteiger partial charge in [-0.3, -0.25) is 14.5 Å². The zero-order valence-electron chi connectivity index (χ0n) is 17.2. The van der Waals surface area contributed by atoms with E-state index in [-0.39, 0.29) is 24.2 Å². The fourth-order valence-corrected chi connectivity index (χ4v) is 3.12. The average molecular weight is 414 g/mol. The topological polar surface area (TPSA) is 73.9 Å². The predicted octanol–water partition coefficient (Wildman–Crippen LogP) is 2.56. The number of amides is 2. The Bertz CT molecular complexity index is 852. The molecule has 30 heavy (non-hydrogen) atoms. The highest BCUT2D eigenvalue weighted by atomic mass is 19.1. The van der Waals surface area contributed by atoms with Crippen LogP contribution in [0, 0.1) is 5.82 Å². The third-order valence-corrected chi connectivity index (χ3v) is 5.07. The Morgan fingerprint density at radius 1 is 1.03 bits per heavy atom. The van der Waals surface area contributed by atoms with Crippen LogP contribution in [0.3, 0.4) is 0 Å². The van der Waals surface area contributed by atoms with Gasteiger partial charge in [0.2, 0.25) is 11.8 Å². The molecular formula is C22H27FN4O3. The lowest BCUT2D eigenvalue weighted by Crippen LogP contribution is -2.43. The van der Waals surface area contributed by atoms with Crippen molar-refractivity contribution in [1.82, 2.24) is 4.90 Å². The third-order valence-electron chi connectivity index (χ3n) is 5.07. The molecule has 0 bridgehead atoms. The minimum Gasteiger partial charge on any atom is -0.378 e. The number of hydrogen-bond acceptors (Lipinski definition) is 5. The maximum absolute atomic E-state index is 13.0. The summed E-state index contributed by atoms with van der Waals surface area (Å²) in [4.78, 5) is 28.6. The Labute approximate surface area is 175 Å². The molecule has 1 aliphatic heterocycles. The molecule has 0 radical (unpaired) electrons. The lowest BCUT2D eigenvalue weighted by atomic mass is 10.2. The van der Waals surface area contributed by atoms with Crippen molar-refractivity contribution in [2.45, 2.75) is 13.0 Å². The lowest BCUT2D eigenvalue weighted by Gasteiger charge is -2.29. The highest BCUT2D eigenvalue weighted by Crippen LogP contribution is 2.19. The number of benzene rings is 2. The van der Waals surface area contributed by atoms with Gasteiger partial charge in [-0.25, -0.2) is 4.39 Å². The van der Waals surface area contributed by atoms with Gasteiger partial charge in [0.1, 0.15) is 5.82 Å². The van der Waals surface area contributed by atoms with E-state index in [4.69, 9.17) is 4.74 Å². The fraction of sp³-hybridized carbons (Fsp3) is 0.364. The van der Waals surface area contributed by atoms with Crippen LogP contribution in [0.2, 0.25) is 0 Å². The normalized spacial score (nSPS) is 15.0. The molecule has 1 saturated heterocycles. The molecule has 2 amide bonds. The minimum atomic E-state index is -0.538. The standard InChI is InChI=1S/C22H27FN4O3/c1-16(22(29)25-19-5-3-17(23)4-6-19)26(2)15-21(28)24-18-7-9-20(10-8-18)27-11-13-30-14-12-27/h3-10,16H,11-15H2,1-2H3,(H,24,28)(H,25,29)/t16-/m1/s1. The van der Waals surface area contributed by atoms with Gasteiger partial charge < -0.3 is 20.3 Å². The fourth-order valence-electron chi connectivity index (χ4n) is 3.12. The summed E-state index contributed by atoms with van der Waals surface area (Å²) in [7, 11) is 1.70. The van der Waals surface area contributed by atoms with Crippen LogP contribution in [0.5, 0.6) is 0 Å². The van der Waals surface area contributed by atoms with Crippen molar-refractivity contribution in [2.24, 2.45) is 0 Å². The van der Waals surface area contributed by atoms with Crippen molar-refractivity contribution >= 4 is 28.9 Å². The first-order valence-electron chi connectivity index (χ1n) is 9.91. The first kappa shape index (κ1) is 21.7.